The van der Waals surface area contributed by atoms with Crippen molar-refractivity contribution < 1.29 is 19.7 Å². The van der Waals surface area contributed by atoms with Crippen LogP contribution < -0.4 is 5.32 Å². The van der Waals surface area contributed by atoms with Crippen molar-refractivity contribution in [3.05, 3.63) is 53.9 Å². The fourth-order valence-corrected chi connectivity index (χ4v) is 2.00. The largest absolute Gasteiger partial charge is 0.445 e. The Morgan fingerprint density at radius 1 is 1.35 bits per heavy atom. The van der Waals surface area contributed by atoms with Crippen LogP contribution in [-0.2, 0) is 17.9 Å². The van der Waals surface area contributed by atoms with Crippen molar-refractivity contribution in [2.75, 3.05) is 6.54 Å². The van der Waals surface area contributed by atoms with E-state index in [1.807, 2.05) is 37.3 Å². The van der Waals surface area contributed by atoms with Crippen molar-refractivity contribution >= 4 is 6.09 Å². The number of carbonyl (C=O) groups is 1. The second-order valence-electron chi connectivity index (χ2n) is 5.08. The minimum atomic E-state index is -1.14. The molecule has 1 heterocycles. The summed E-state index contributed by atoms with van der Waals surface area (Å²) in [5.41, 5.74) is 1.37. The third kappa shape index (κ3) is 5.08. The predicted octanol–water partition coefficient (Wildman–Crippen LogP) is 1.22. The molecule has 7 heteroatoms. The first-order valence-corrected chi connectivity index (χ1v) is 7.43. The summed E-state index contributed by atoms with van der Waals surface area (Å²) in [5, 5.41) is 26.4. The van der Waals surface area contributed by atoms with Crippen molar-refractivity contribution in [1.82, 2.24) is 15.1 Å². The molecule has 1 amide bonds. The zero-order valence-corrected chi connectivity index (χ0v) is 12.9. The predicted molar refractivity (Wildman–Crippen MR) is 83.5 cm³/mol. The van der Waals surface area contributed by atoms with E-state index in [9.17, 15) is 15.0 Å². The molecule has 0 aliphatic heterocycles. The van der Waals surface area contributed by atoms with Gasteiger partial charge < -0.3 is 20.3 Å². The third-order valence-corrected chi connectivity index (χ3v) is 3.35. The number of rotatable bonds is 7. The molecule has 1 aromatic heterocycles. The van der Waals surface area contributed by atoms with Crippen molar-refractivity contribution in [3.8, 4) is 0 Å². The lowest BCUT2D eigenvalue weighted by Crippen LogP contribution is -2.35. The van der Waals surface area contributed by atoms with Crippen LogP contribution in [0.5, 0.6) is 0 Å². The van der Waals surface area contributed by atoms with Gasteiger partial charge in [0.25, 0.3) is 0 Å². The minimum absolute atomic E-state index is 0.119. The van der Waals surface area contributed by atoms with Gasteiger partial charge in [0, 0.05) is 24.8 Å². The summed E-state index contributed by atoms with van der Waals surface area (Å²) in [6.07, 6.45) is 0.232. The Bertz CT molecular complexity index is 615. The summed E-state index contributed by atoms with van der Waals surface area (Å²) in [4.78, 5) is 11.6. The number of alkyl carbamates (subject to hydrolysis) is 1. The van der Waals surface area contributed by atoms with E-state index in [-0.39, 0.29) is 13.2 Å². The minimum Gasteiger partial charge on any atom is -0.445 e. The van der Waals surface area contributed by atoms with Gasteiger partial charge >= 0.3 is 6.09 Å². The molecule has 0 radical (unpaired) electrons. The molecule has 23 heavy (non-hydrogen) atoms. The molecule has 2 aromatic rings. The summed E-state index contributed by atoms with van der Waals surface area (Å²) in [6, 6.07) is 9.27. The van der Waals surface area contributed by atoms with Crippen LogP contribution in [0.15, 0.2) is 42.7 Å². The lowest BCUT2D eigenvalue weighted by Gasteiger charge is -2.17. The van der Waals surface area contributed by atoms with Crippen LogP contribution in [0.3, 0.4) is 0 Å². The molecule has 124 valence electrons. The van der Waals surface area contributed by atoms with Crippen LogP contribution in [0.25, 0.3) is 0 Å². The maximum atomic E-state index is 11.6. The number of aromatic nitrogens is 2. The first-order chi connectivity index (χ1) is 11.1. The average molecular weight is 319 g/mol. The topological polar surface area (TPSA) is 96.6 Å². The SMILES string of the molecule is CCn1cc(C(O)C(O)CNC(=O)OCc2ccccc2)cn1. The maximum absolute atomic E-state index is 11.6. The Morgan fingerprint density at radius 3 is 2.74 bits per heavy atom. The molecule has 1 aromatic carbocycles. The molecule has 0 saturated heterocycles. The zero-order valence-electron chi connectivity index (χ0n) is 12.9. The highest BCUT2D eigenvalue weighted by Crippen LogP contribution is 2.15. The normalized spacial score (nSPS) is 13.3. The van der Waals surface area contributed by atoms with E-state index in [1.165, 1.54) is 6.20 Å². The summed E-state index contributed by atoms with van der Waals surface area (Å²) in [6.45, 7) is 2.62. The smallest absolute Gasteiger partial charge is 0.407 e. The Labute approximate surface area is 134 Å². The highest BCUT2D eigenvalue weighted by Gasteiger charge is 2.20. The number of ether oxygens (including phenoxy) is 1. The number of nitrogens with zero attached hydrogens (tertiary/aromatic N) is 2. The van der Waals surface area contributed by atoms with E-state index in [0.29, 0.717) is 12.1 Å². The molecule has 2 atom stereocenters. The average Bonchev–Trinajstić information content (AvgIpc) is 3.07. The molecular weight excluding hydrogens is 298 g/mol. The molecule has 0 fully saturated rings. The Balaban J connectivity index is 1.74. The number of nitrogens with one attached hydrogen (secondary N) is 1. The van der Waals surface area contributed by atoms with Gasteiger partial charge in [0.05, 0.1) is 6.20 Å². The van der Waals surface area contributed by atoms with Crippen molar-refractivity contribution in [1.29, 1.82) is 0 Å². The monoisotopic (exact) mass is 319 g/mol. The second kappa shape index (κ2) is 8.30. The molecule has 3 N–H and O–H groups in total. The number of carbonyl (C=O) groups excluding carboxylic acids is 1. The van der Waals surface area contributed by atoms with Gasteiger partial charge in [0.1, 0.15) is 18.8 Å². The van der Waals surface area contributed by atoms with Crippen LogP contribution >= 0.6 is 0 Å². The number of hydrogen-bond acceptors (Lipinski definition) is 5. The first kappa shape index (κ1) is 17.0. The van der Waals surface area contributed by atoms with Crippen LogP contribution in [0.1, 0.15) is 24.2 Å². The highest BCUT2D eigenvalue weighted by molar-refractivity contribution is 5.67. The van der Waals surface area contributed by atoms with Crippen molar-refractivity contribution in [2.24, 2.45) is 0 Å². The van der Waals surface area contributed by atoms with Crippen molar-refractivity contribution in [3.63, 3.8) is 0 Å². The van der Waals surface area contributed by atoms with E-state index in [1.54, 1.807) is 10.9 Å². The Hall–Kier alpha value is -2.38. The van der Waals surface area contributed by atoms with E-state index >= 15 is 0 Å². The summed E-state index contributed by atoms with van der Waals surface area (Å²) in [7, 11) is 0. The Kier molecular flexibility index (Phi) is 6.13. The lowest BCUT2D eigenvalue weighted by atomic mass is 10.1. The van der Waals surface area contributed by atoms with Gasteiger partial charge in [-0.3, -0.25) is 4.68 Å². The molecule has 2 rings (SSSR count). The van der Waals surface area contributed by atoms with E-state index < -0.39 is 18.3 Å². The van der Waals surface area contributed by atoms with Gasteiger partial charge in [0.15, 0.2) is 0 Å². The summed E-state index contributed by atoms with van der Waals surface area (Å²) >= 11 is 0. The fraction of sp³-hybridized carbons (Fsp3) is 0.375. The number of aryl methyl sites for hydroxylation is 1. The van der Waals surface area contributed by atoms with Crippen LogP contribution in [-0.4, -0.2) is 38.7 Å². The van der Waals surface area contributed by atoms with Gasteiger partial charge in [-0.15, -0.1) is 0 Å². The van der Waals surface area contributed by atoms with E-state index in [0.717, 1.165) is 5.56 Å². The molecule has 0 aliphatic carbocycles. The van der Waals surface area contributed by atoms with Crippen molar-refractivity contribution in [2.45, 2.75) is 32.3 Å². The Morgan fingerprint density at radius 2 is 2.09 bits per heavy atom. The highest BCUT2D eigenvalue weighted by atomic mass is 16.5. The number of aliphatic hydroxyl groups excluding tert-OH is 2. The van der Waals surface area contributed by atoms with Crippen LogP contribution in [0.4, 0.5) is 4.79 Å². The maximum Gasteiger partial charge on any atom is 0.407 e. The molecular formula is C16H21N3O4. The first-order valence-electron chi connectivity index (χ1n) is 7.43. The molecule has 0 saturated carbocycles. The van der Waals surface area contributed by atoms with Gasteiger partial charge in [0.2, 0.25) is 0 Å². The zero-order chi connectivity index (χ0) is 16.7. The van der Waals surface area contributed by atoms with Gasteiger partial charge in [-0.2, -0.15) is 5.10 Å². The standard InChI is InChI=1S/C16H21N3O4/c1-2-19-10-13(8-18-19)15(21)14(20)9-17-16(22)23-11-12-6-4-3-5-7-12/h3-8,10,14-15,20-21H,2,9,11H2,1H3,(H,17,22). The van der Waals surface area contributed by atoms with Crippen LogP contribution in [0.2, 0.25) is 0 Å². The summed E-state index contributed by atoms with van der Waals surface area (Å²) in [5.74, 6) is 0. The number of amides is 1. The second-order valence-corrected chi connectivity index (χ2v) is 5.08. The molecule has 0 spiro atoms. The van der Waals surface area contributed by atoms with Crippen LogP contribution in [0, 0.1) is 0 Å². The lowest BCUT2D eigenvalue weighted by molar-refractivity contribution is 0.0183. The van der Waals surface area contributed by atoms with E-state index in [2.05, 4.69) is 10.4 Å². The van der Waals surface area contributed by atoms with Gasteiger partial charge in [-0.1, -0.05) is 30.3 Å². The number of benzene rings is 1. The third-order valence-electron chi connectivity index (χ3n) is 3.35. The molecule has 2 unspecified atom stereocenters. The van der Waals surface area contributed by atoms with Gasteiger partial charge in [-0.25, -0.2) is 4.79 Å². The van der Waals surface area contributed by atoms with E-state index in [4.69, 9.17) is 4.74 Å². The quantitative estimate of drug-likeness (QED) is 0.713. The molecule has 0 aliphatic rings. The number of hydrogen-bond donors (Lipinski definition) is 3. The number of aliphatic hydroxyl groups is 2. The molecule has 7 nitrogen and oxygen atoms in total. The molecule has 0 bridgehead atoms. The summed E-state index contributed by atoms with van der Waals surface area (Å²) < 4.78 is 6.67. The fourth-order valence-electron chi connectivity index (χ4n) is 2.00. The van der Waals surface area contributed by atoms with Gasteiger partial charge in [-0.05, 0) is 12.5 Å².